The van der Waals surface area contributed by atoms with Gasteiger partial charge >= 0.3 is 0 Å². The third kappa shape index (κ3) is 3.47. The van der Waals surface area contributed by atoms with Gasteiger partial charge in [0.25, 0.3) is 0 Å². The van der Waals surface area contributed by atoms with Gasteiger partial charge in [0.05, 0.1) is 5.69 Å². The average Bonchev–Trinajstić information content (AvgIpc) is 3.22. The van der Waals surface area contributed by atoms with Crippen molar-refractivity contribution in [2.75, 3.05) is 4.90 Å². The molecule has 1 nitrogen and oxygen atoms in total. The zero-order valence-electron chi connectivity index (χ0n) is 21.1. The van der Waals surface area contributed by atoms with E-state index in [4.69, 9.17) is 11.6 Å². The highest BCUT2D eigenvalue weighted by Gasteiger charge is 2.41. The minimum Gasteiger partial charge on any atom is -0.310 e. The summed E-state index contributed by atoms with van der Waals surface area (Å²) in [5.74, 6) is 0. The molecule has 6 aromatic carbocycles. The number of para-hydroxylation sites is 1. The summed E-state index contributed by atoms with van der Waals surface area (Å²) in [6.07, 6.45) is 0. The van der Waals surface area contributed by atoms with Crippen LogP contribution in [0.5, 0.6) is 0 Å². The average molecular weight is 508 g/mol. The summed E-state index contributed by atoms with van der Waals surface area (Å²) in [6.45, 7) is 2.33. The standard InChI is InChI=1S/C36H26ClN/c1-36(26-13-4-2-5-14-26)33-23-27(37)19-21-31(33)32-22-20-29(24-34(32)36)38(28-15-6-3-7-16-28)35-18-10-12-25-11-8-9-17-30(25)35/h2-24H,1H3. The van der Waals surface area contributed by atoms with Crippen molar-refractivity contribution in [3.8, 4) is 11.1 Å². The molecule has 6 aromatic rings. The minimum atomic E-state index is -0.325. The van der Waals surface area contributed by atoms with E-state index in [-0.39, 0.29) is 5.41 Å². The monoisotopic (exact) mass is 507 g/mol. The molecule has 7 rings (SSSR count). The largest absolute Gasteiger partial charge is 0.310 e. The van der Waals surface area contributed by atoms with Gasteiger partial charge in [0.2, 0.25) is 0 Å². The molecule has 0 N–H and O–H groups in total. The molecule has 182 valence electrons. The zero-order chi connectivity index (χ0) is 25.7. The molecule has 0 heterocycles. The van der Waals surface area contributed by atoms with E-state index in [1.807, 2.05) is 6.07 Å². The summed E-state index contributed by atoms with van der Waals surface area (Å²) in [5.41, 5.74) is 9.41. The van der Waals surface area contributed by atoms with E-state index >= 15 is 0 Å². The molecular weight excluding hydrogens is 482 g/mol. The Balaban J connectivity index is 1.50. The lowest BCUT2D eigenvalue weighted by Gasteiger charge is -2.31. The zero-order valence-corrected chi connectivity index (χ0v) is 21.9. The van der Waals surface area contributed by atoms with Crippen LogP contribution in [-0.2, 0) is 5.41 Å². The summed E-state index contributed by atoms with van der Waals surface area (Å²) in [7, 11) is 0. The van der Waals surface area contributed by atoms with Crippen LogP contribution in [0.15, 0.2) is 140 Å². The predicted octanol–water partition coefficient (Wildman–Crippen LogP) is 10.3. The van der Waals surface area contributed by atoms with Gasteiger partial charge in [0, 0.05) is 27.2 Å². The number of halogens is 1. The van der Waals surface area contributed by atoms with Crippen molar-refractivity contribution in [3.05, 3.63) is 161 Å². The Kier molecular flexibility index (Phi) is 5.35. The Bertz CT molecular complexity index is 1790. The lowest BCUT2D eigenvalue weighted by atomic mass is 9.74. The lowest BCUT2D eigenvalue weighted by Crippen LogP contribution is -2.23. The molecule has 0 saturated carbocycles. The van der Waals surface area contributed by atoms with Crippen LogP contribution < -0.4 is 4.90 Å². The van der Waals surface area contributed by atoms with Crippen LogP contribution in [0, 0.1) is 0 Å². The second-order valence-electron chi connectivity index (χ2n) is 10.1. The lowest BCUT2D eigenvalue weighted by molar-refractivity contribution is 0.714. The number of rotatable bonds is 4. The van der Waals surface area contributed by atoms with E-state index in [0.29, 0.717) is 0 Å². The second kappa shape index (κ2) is 8.90. The SMILES string of the molecule is CC1(c2ccccc2)c2cc(Cl)ccc2-c2ccc(N(c3ccccc3)c3cccc4ccccc34)cc21. The Hall–Kier alpha value is -4.33. The Morgan fingerprint density at radius 3 is 1.97 bits per heavy atom. The van der Waals surface area contributed by atoms with Gasteiger partial charge < -0.3 is 4.90 Å². The van der Waals surface area contributed by atoms with Gasteiger partial charge in [0.1, 0.15) is 0 Å². The predicted molar refractivity (Wildman–Crippen MR) is 161 cm³/mol. The second-order valence-corrected chi connectivity index (χ2v) is 10.5. The van der Waals surface area contributed by atoms with Gasteiger partial charge in [-0.1, -0.05) is 109 Å². The Morgan fingerprint density at radius 2 is 1.18 bits per heavy atom. The van der Waals surface area contributed by atoms with E-state index in [9.17, 15) is 0 Å². The topological polar surface area (TPSA) is 3.24 Å². The number of fused-ring (bicyclic) bond motifs is 4. The number of hydrogen-bond donors (Lipinski definition) is 0. The fraction of sp³-hybridized carbons (Fsp3) is 0.0556. The highest BCUT2D eigenvalue weighted by Crippen LogP contribution is 2.54. The molecule has 1 aliphatic carbocycles. The molecule has 0 bridgehead atoms. The van der Waals surface area contributed by atoms with Crippen LogP contribution >= 0.6 is 11.6 Å². The first-order valence-electron chi connectivity index (χ1n) is 13.0. The van der Waals surface area contributed by atoms with Crippen molar-refractivity contribution in [1.82, 2.24) is 0 Å². The molecule has 0 aliphatic heterocycles. The fourth-order valence-electron chi connectivity index (χ4n) is 6.12. The number of anilines is 3. The maximum Gasteiger partial charge on any atom is 0.0540 e. The fourth-order valence-corrected chi connectivity index (χ4v) is 6.29. The molecule has 0 aromatic heterocycles. The number of benzene rings is 6. The molecule has 2 heteroatoms. The first kappa shape index (κ1) is 22.8. The molecule has 0 fully saturated rings. The molecule has 1 atom stereocenters. The Labute approximate surface area is 228 Å². The first-order chi connectivity index (χ1) is 18.6. The summed E-state index contributed by atoms with van der Waals surface area (Å²) >= 11 is 6.57. The van der Waals surface area contributed by atoms with Crippen molar-refractivity contribution in [2.24, 2.45) is 0 Å². The van der Waals surface area contributed by atoms with Crippen LogP contribution in [0.1, 0.15) is 23.6 Å². The van der Waals surface area contributed by atoms with Gasteiger partial charge in [-0.25, -0.2) is 0 Å². The van der Waals surface area contributed by atoms with Crippen LogP contribution in [0.3, 0.4) is 0 Å². The molecular formula is C36H26ClN. The molecule has 0 radical (unpaired) electrons. The third-order valence-corrected chi connectivity index (χ3v) is 8.22. The summed E-state index contributed by atoms with van der Waals surface area (Å²) in [5, 5.41) is 3.21. The smallest absolute Gasteiger partial charge is 0.0540 e. The summed E-state index contributed by atoms with van der Waals surface area (Å²) in [4.78, 5) is 2.38. The van der Waals surface area contributed by atoms with Gasteiger partial charge in [-0.05, 0) is 82.6 Å². The quantitative estimate of drug-likeness (QED) is 0.229. The summed E-state index contributed by atoms with van der Waals surface area (Å²) < 4.78 is 0. The Morgan fingerprint density at radius 1 is 0.553 bits per heavy atom. The third-order valence-electron chi connectivity index (χ3n) is 7.98. The van der Waals surface area contributed by atoms with Crippen molar-refractivity contribution >= 4 is 39.4 Å². The number of hydrogen-bond acceptors (Lipinski definition) is 1. The van der Waals surface area contributed by atoms with Crippen LogP contribution in [0.4, 0.5) is 17.1 Å². The van der Waals surface area contributed by atoms with Crippen molar-refractivity contribution < 1.29 is 0 Å². The molecule has 38 heavy (non-hydrogen) atoms. The molecule has 1 unspecified atom stereocenters. The van der Waals surface area contributed by atoms with Gasteiger partial charge in [-0.2, -0.15) is 0 Å². The van der Waals surface area contributed by atoms with E-state index in [0.717, 1.165) is 22.1 Å². The van der Waals surface area contributed by atoms with E-state index in [1.54, 1.807) is 0 Å². The van der Waals surface area contributed by atoms with Crippen LogP contribution in [0.25, 0.3) is 21.9 Å². The normalized spacial score (nSPS) is 15.7. The highest BCUT2D eigenvalue weighted by atomic mass is 35.5. The van der Waals surface area contributed by atoms with Crippen molar-refractivity contribution in [3.63, 3.8) is 0 Å². The van der Waals surface area contributed by atoms with Gasteiger partial charge in [0.15, 0.2) is 0 Å². The minimum absolute atomic E-state index is 0.325. The van der Waals surface area contributed by atoms with E-state index in [2.05, 4.69) is 145 Å². The van der Waals surface area contributed by atoms with Gasteiger partial charge in [-0.15, -0.1) is 0 Å². The van der Waals surface area contributed by atoms with E-state index in [1.165, 1.54) is 38.6 Å². The maximum atomic E-state index is 6.57. The highest BCUT2D eigenvalue weighted by molar-refractivity contribution is 6.30. The van der Waals surface area contributed by atoms with Crippen molar-refractivity contribution in [2.45, 2.75) is 12.3 Å². The van der Waals surface area contributed by atoms with Crippen LogP contribution in [0.2, 0.25) is 5.02 Å². The first-order valence-corrected chi connectivity index (χ1v) is 13.4. The van der Waals surface area contributed by atoms with Crippen molar-refractivity contribution in [1.29, 1.82) is 0 Å². The molecule has 0 amide bonds. The summed E-state index contributed by atoms with van der Waals surface area (Å²) in [6, 6.07) is 49.8. The van der Waals surface area contributed by atoms with Gasteiger partial charge in [-0.3, -0.25) is 0 Å². The van der Waals surface area contributed by atoms with Crippen LogP contribution in [-0.4, -0.2) is 0 Å². The number of nitrogens with zero attached hydrogens (tertiary/aromatic N) is 1. The molecule has 0 spiro atoms. The molecule has 0 saturated heterocycles. The van der Waals surface area contributed by atoms with E-state index < -0.39 is 0 Å². The molecule has 1 aliphatic rings. The maximum absolute atomic E-state index is 6.57.